The minimum atomic E-state index is -0.160. The number of benzene rings is 3. The van der Waals surface area contributed by atoms with Gasteiger partial charge < -0.3 is 4.90 Å². The van der Waals surface area contributed by atoms with Crippen LogP contribution in [-0.2, 0) is 6.42 Å². The molecule has 0 spiro atoms. The second-order valence-corrected chi connectivity index (χ2v) is 9.02. The quantitative estimate of drug-likeness (QED) is 0.381. The molecule has 0 fully saturated rings. The summed E-state index contributed by atoms with van der Waals surface area (Å²) in [5, 5.41) is 7.63. The number of nitrogens with one attached hydrogen (secondary N) is 1. The fraction of sp³-hybridized carbons (Fsp3) is 0.185. The average molecular weight is 440 g/mol. The summed E-state index contributed by atoms with van der Waals surface area (Å²) in [7, 11) is 0. The molecule has 1 aliphatic heterocycles. The van der Waals surface area contributed by atoms with E-state index in [1.54, 1.807) is 11.8 Å². The van der Waals surface area contributed by atoms with Crippen LogP contribution < -0.4 is 0 Å². The second-order valence-electron chi connectivity index (χ2n) is 8.14. The molecule has 0 saturated heterocycles. The van der Waals surface area contributed by atoms with Crippen LogP contribution in [0.25, 0.3) is 11.3 Å². The van der Waals surface area contributed by atoms with Gasteiger partial charge in [-0.3, -0.25) is 9.89 Å². The Balaban J connectivity index is 1.57. The van der Waals surface area contributed by atoms with Gasteiger partial charge in [0.05, 0.1) is 11.7 Å². The van der Waals surface area contributed by atoms with E-state index < -0.39 is 0 Å². The van der Waals surface area contributed by atoms with Crippen LogP contribution in [0.5, 0.6) is 0 Å². The lowest BCUT2D eigenvalue weighted by Crippen LogP contribution is -2.31. The van der Waals surface area contributed by atoms with Crippen molar-refractivity contribution in [2.24, 2.45) is 0 Å². The standard InChI is InChI=1S/C27H25N3OS/c1-18-8-10-20(11-9-18)24-23-25(29-28-24)27(31)30(17-16-19-6-4-3-5-7-19)26(23)21-12-14-22(32-2)15-13-21/h3-15,26H,16-17H2,1-2H3,(H,28,29). The number of aromatic amines is 1. The highest BCUT2D eigenvalue weighted by Gasteiger charge is 2.41. The molecule has 4 aromatic rings. The first kappa shape index (κ1) is 20.6. The Labute approximate surface area is 192 Å². The van der Waals surface area contributed by atoms with E-state index in [-0.39, 0.29) is 11.9 Å². The Morgan fingerprint density at radius 1 is 0.969 bits per heavy atom. The molecule has 2 heterocycles. The molecule has 160 valence electrons. The van der Waals surface area contributed by atoms with E-state index in [1.165, 1.54) is 16.0 Å². The Bertz CT molecular complexity index is 1230. The Kier molecular flexibility index (Phi) is 5.58. The number of thioether (sulfide) groups is 1. The maximum Gasteiger partial charge on any atom is 0.273 e. The molecule has 5 rings (SSSR count). The first-order chi connectivity index (χ1) is 15.7. The van der Waals surface area contributed by atoms with Gasteiger partial charge in [-0.15, -0.1) is 11.8 Å². The molecule has 32 heavy (non-hydrogen) atoms. The largest absolute Gasteiger partial charge is 0.326 e. The molecule has 1 N–H and O–H groups in total. The molecular formula is C27H25N3OS. The summed E-state index contributed by atoms with van der Waals surface area (Å²) >= 11 is 1.72. The summed E-state index contributed by atoms with van der Waals surface area (Å²) in [6.07, 6.45) is 2.88. The third-order valence-corrected chi connectivity index (χ3v) is 6.85. The maximum atomic E-state index is 13.5. The zero-order valence-corrected chi connectivity index (χ0v) is 19.0. The molecule has 0 radical (unpaired) electrons. The summed E-state index contributed by atoms with van der Waals surface area (Å²) in [6, 6.07) is 27.0. The lowest BCUT2D eigenvalue weighted by molar-refractivity contribution is 0.0746. The number of carbonyl (C=O) groups is 1. The summed E-state index contributed by atoms with van der Waals surface area (Å²) in [5.74, 6) is 0.0146. The van der Waals surface area contributed by atoms with Crippen molar-refractivity contribution in [3.63, 3.8) is 0 Å². The van der Waals surface area contributed by atoms with Crippen molar-refractivity contribution in [2.75, 3.05) is 12.8 Å². The van der Waals surface area contributed by atoms with Crippen LogP contribution >= 0.6 is 11.8 Å². The predicted molar refractivity (Wildman–Crippen MR) is 130 cm³/mol. The minimum absolute atomic E-state index is 0.0146. The van der Waals surface area contributed by atoms with Crippen LogP contribution in [0.15, 0.2) is 83.8 Å². The van der Waals surface area contributed by atoms with Crippen molar-refractivity contribution in [2.45, 2.75) is 24.3 Å². The number of nitrogens with zero attached hydrogens (tertiary/aromatic N) is 2. The van der Waals surface area contributed by atoms with Gasteiger partial charge in [-0.05, 0) is 42.9 Å². The van der Waals surface area contributed by atoms with Crippen molar-refractivity contribution in [3.8, 4) is 11.3 Å². The predicted octanol–water partition coefficient (Wildman–Crippen LogP) is 5.89. The molecule has 1 atom stereocenters. The van der Waals surface area contributed by atoms with Gasteiger partial charge in [-0.2, -0.15) is 5.10 Å². The number of aromatic nitrogens is 2. The number of hydrogen-bond donors (Lipinski definition) is 1. The van der Waals surface area contributed by atoms with Crippen LogP contribution in [0.2, 0.25) is 0 Å². The lowest BCUT2D eigenvalue weighted by atomic mass is 9.95. The van der Waals surface area contributed by atoms with E-state index in [0.29, 0.717) is 12.2 Å². The van der Waals surface area contributed by atoms with Crippen molar-refractivity contribution >= 4 is 17.7 Å². The third kappa shape index (κ3) is 3.73. The zero-order chi connectivity index (χ0) is 22.1. The van der Waals surface area contributed by atoms with E-state index in [1.807, 2.05) is 23.1 Å². The molecule has 5 heteroatoms. The van der Waals surface area contributed by atoms with Crippen molar-refractivity contribution in [1.29, 1.82) is 0 Å². The van der Waals surface area contributed by atoms with Crippen LogP contribution in [0.4, 0.5) is 0 Å². The molecule has 1 unspecified atom stereocenters. The number of amides is 1. The van der Waals surface area contributed by atoms with E-state index in [9.17, 15) is 4.79 Å². The molecule has 0 saturated carbocycles. The number of hydrogen-bond acceptors (Lipinski definition) is 3. The number of fused-ring (bicyclic) bond motifs is 1. The first-order valence-electron chi connectivity index (χ1n) is 10.8. The number of carbonyl (C=O) groups excluding carboxylic acids is 1. The zero-order valence-electron chi connectivity index (χ0n) is 18.2. The van der Waals surface area contributed by atoms with Gasteiger partial charge in [-0.25, -0.2) is 0 Å². The van der Waals surface area contributed by atoms with Gasteiger partial charge in [0, 0.05) is 22.6 Å². The van der Waals surface area contributed by atoms with Gasteiger partial charge in [0.15, 0.2) is 0 Å². The summed E-state index contributed by atoms with van der Waals surface area (Å²) < 4.78 is 0. The maximum absolute atomic E-state index is 13.5. The summed E-state index contributed by atoms with van der Waals surface area (Å²) in [4.78, 5) is 16.7. The average Bonchev–Trinajstić information content (AvgIpc) is 3.38. The van der Waals surface area contributed by atoms with Crippen molar-refractivity contribution < 1.29 is 4.79 Å². The molecule has 1 aromatic heterocycles. The van der Waals surface area contributed by atoms with E-state index >= 15 is 0 Å². The normalized spacial score (nSPS) is 15.2. The highest BCUT2D eigenvalue weighted by molar-refractivity contribution is 7.98. The van der Waals surface area contributed by atoms with E-state index in [4.69, 9.17) is 0 Å². The third-order valence-electron chi connectivity index (χ3n) is 6.10. The van der Waals surface area contributed by atoms with Gasteiger partial charge >= 0.3 is 0 Å². The summed E-state index contributed by atoms with van der Waals surface area (Å²) in [6.45, 7) is 2.72. The highest BCUT2D eigenvalue weighted by atomic mass is 32.2. The molecule has 3 aromatic carbocycles. The molecule has 4 nitrogen and oxygen atoms in total. The molecule has 1 amide bonds. The van der Waals surface area contributed by atoms with Crippen LogP contribution in [0, 0.1) is 6.92 Å². The first-order valence-corrected chi connectivity index (χ1v) is 12.0. The second kappa shape index (κ2) is 8.67. The molecule has 1 aliphatic rings. The van der Waals surface area contributed by atoms with Gasteiger partial charge in [-0.1, -0.05) is 72.3 Å². The molecule has 0 bridgehead atoms. The fourth-order valence-electron chi connectivity index (χ4n) is 4.39. The van der Waals surface area contributed by atoms with Gasteiger partial charge in [0.25, 0.3) is 5.91 Å². The Morgan fingerprint density at radius 3 is 2.38 bits per heavy atom. The lowest BCUT2D eigenvalue weighted by Gasteiger charge is -2.26. The SMILES string of the molecule is CSc1ccc(C2c3c(-c4ccc(C)cc4)n[nH]c3C(=O)N2CCc2ccccc2)cc1. The van der Waals surface area contributed by atoms with Crippen molar-refractivity contribution in [3.05, 3.63) is 107 Å². The van der Waals surface area contributed by atoms with E-state index in [2.05, 4.69) is 84.0 Å². The summed E-state index contributed by atoms with van der Waals surface area (Å²) in [5.41, 5.74) is 7.00. The van der Waals surface area contributed by atoms with Crippen LogP contribution in [0.1, 0.15) is 38.8 Å². The number of aryl methyl sites for hydroxylation is 1. The van der Waals surface area contributed by atoms with Gasteiger partial charge in [0.2, 0.25) is 0 Å². The number of rotatable bonds is 6. The Hall–Kier alpha value is -3.31. The smallest absolute Gasteiger partial charge is 0.273 e. The molecule has 0 aliphatic carbocycles. The fourth-order valence-corrected chi connectivity index (χ4v) is 4.79. The Morgan fingerprint density at radius 2 is 1.69 bits per heavy atom. The monoisotopic (exact) mass is 439 g/mol. The number of H-pyrrole nitrogens is 1. The van der Waals surface area contributed by atoms with E-state index in [0.717, 1.165) is 28.8 Å². The molecular weight excluding hydrogens is 414 g/mol. The van der Waals surface area contributed by atoms with Crippen LogP contribution in [-0.4, -0.2) is 33.8 Å². The topological polar surface area (TPSA) is 49.0 Å². The van der Waals surface area contributed by atoms with Gasteiger partial charge in [0.1, 0.15) is 5.69 Å². The van der Waals surface area contributed by atoms with Crippen LogP contribution in [0.3, 0.4) is 0 Å². The highest BCUT2D eigenvalue weighted by Crippen LogP contribution is 2.43. The minimum Gasteiger partial charge on any atom is -0.326 e. The van der Waals surface area contributed by atoms with Crippen molar-refractivity contribution in [1.82, 2.24) is 15.1 Å².